The average Bonchev–Trinajstić information content (AvgIpc) is 3.07. The number of carbonyl (C=O) groups excluding carboxylic acids is 2. The number of aliphatic hydroxyl groups is 1. The van der Waals surface area contributed by atoms with Crippen molar-refractivity contribution in [2.24, 2.45) is 0 Å². The fourth-order valence-electron chi connectivity index (χ4n) is 4.20. The monoisotopic (exact) mass is 388 g/mol. The van der Waals surface area contributed by atoms with E-state index in [2.05, 4.69) is 39.4 Å². The Morgan fingerprint density at radius 3 is 2.43 bits per heavy atom. The van der Waals surface area contributed by atoms with E-state index in [1.54, 1.807) is 0 Å². The van der Waals surface area contributed by atoms with E-state index in [4.69, 9.17) is 5.11 Å². The zero-order valence-electron chi connectivity index (χ0n) is 16.7. The molecule has 0 aromatic heterocycles. The van der Waals surface area contributed by atoms with Gasteiger partial charge in [0.15, 0.2) is 0 Å². The van der Waals surface area contributed by atoms with Crippen LogP contribution < -0.4 is 5.32 Å². The van der Waals surface area contributed by atoms with E-state index in [1.165, 1.54) is 5.56 Å². The first-order chi connectivity index (χ1) is 13.6. The summed E-state index contributed by atoms with van der Waals surface area (Å²) in [5, 5.41) is 11.5. The maximum absolute atomic E-state index is 12.8. The number of nitrogens with one attached hydrogen (secondary N) is 1. The Morgan fingerprint density at radius 1 is 1.07 bits per heavy atom. The van der Waals surface area contributed by atoms with Crippen molar-refractivity contribution in [3.63, 3.8) is 0 Å². The molecule has 0 saturated carbocycles. The summed E-state index contributed by atoms with van der Waals surface area (Å²) in [6, 6.07) is 10.9. The number of benzene rings is 1. The molecule has 2 saturated heterocycles. The molecule has 0 aliphatic carbocycles. The standard InChI is InChI=1S/C21H32N4O3/c1-23-18(7-8-19(23)14-22-20(27)16-26)13-21(28)25-11-9-24(10-12-25)15-17-5-3-2-4-6-17/h2-6,18-19,26H,7-16H2,1H3,(H,22,27)/t18-,19+/m1/s1. The van der Waals surface area contributed by atoms with Crippen molar-refractivity contribution in [1.29, 1.82) is 0 Å². The molecule has 28 heavy (non-hydrogen) atoms. The van der Waals surface area contributed by atoms with E-state index in [9.17, 15) is 9.59 Å². The van der Waals surface area contributed by atoms with Crippen molar-refractivity contribution >= 4 is 11.8 Å². The molecule has 154 valence electrons. The second-order valence-electron chi connectivity index (χ2n) is 7.86. The van der Waals surface area contributed by atoms with Gasteiger partial charge in [0.05, 0.1) is 0 Å². The first-order valence-electron chi connectivity index (χ1n) is 10.2. The van der Waals surface area contributed by atoms with Crippen molar-refractivity contribution < 1.29 is 14.7 Å². The molecule has 2 atom stereocenters. The lowest BCUT2D eigenvalue weighted by molar-refractivity contribution is -0.134. The molecule has 2 N–H and O–H groups in total. The van der Waals surface area contributed by atoms with Crippen LogP contribution in [0, 0.1) is 0 Å². The molecular formula is C21H32N4O3. The first kappa shape index (κ1) is 20.8. The molecule has 2 heterocycles. The summed E-state index contributed by atoms with van der Waals surface area (Å²) >= 11 is 0. The summed E-state index contributed by atoms with van der Waals surface area (Å²) in [6.07, 6.45) is 2.47. The molecule has 1 aromatic rings. The molecule has 2 fully saturated rings. The number of hydrogen-bond donors (Lipinski definition) is 2. The van der Waals surface area contributed by atoms with Crippen molar-refractivity contribution in [3.8, 4) is 0 Å². The Balaban J connectivity index is 1.40. The fourth-order valence-corrected chi connectivity index (χ4v) is 4.20. The smallest absolute Gasteiger partial charge is 0.245 e. The topological polar surface area (TPSA) is 76.1 Å². The number of likely N-dealkylation sites (N-methyl/N-ethyl adjacent to an activating group) is 1. The Hall–Kier alpha value is -1.96. The second kappa shape index (κ2) is 10.0. The predicted octanol–water partition coefficient (Wildman–Crippen LogP) is 0.292. The van der Waals surface area contributed by atoms with Crippen LogP contribution in [0.5, 0.6) is 0 Å². The van der Waals surface area contributed by atoms with Gasteiger partial charge in [0.1, 0.15) is 6.61 Å². The molecule has 0 radical (unpaired) electrons. The molecule has 2 aliphatic rings. The molecule has 0 spiro atoms. The number of hydrogen-bond acceptors (Lipinski definition) is 5. The summed E-state index contributed by atoms with van der Waals surface area (Å²) in [5.74, 6) is -0.113. The first-order valence-corrected chi connectivity index (χ1v) is 10.2. The third-order valence-electron chi connectivity index (χ3n) is 6.05. The summed E-state index contributed by atoms with van der Waals surface area (Å²) in [5.41, 5.74) is 1.31. The lowest BCUT2D eigenvalue weighted by Crippen LogP contribution is -2.49. The largest absolute Gasteiger partial charge is 0.387 e. The number of rotatable bonds is 7. The van der Waals surface area contributed by atoms with Gasteiger partial charge in [0, 0.05) is 57.8 Å². The van der Waals surface area contributed by atoms with Gasteiger partial charge in [-0.15, -0.1) is 0 Å². The third kappa shape index (κ3) is 5.53. The van der Waals surface area contributed by atoms with Gasteiger partial charge in [-0.2, -0.15) is 0 Å². The van der Waals surface area contributed by atoms with Gasteiger partial charge in [-0.3, -0.25) is 19.4 Å². The quantitative estimate of drug-likeness (QED) is 0.702. The van der Waals surface area contributed by atoms with Crippen molar-refractivity contribution in [2.45, 2.75) is 37.9 Å². The molecule has 3 rings (SSSR count). The number of likely N-dealkylation sites (tertiary alicyclic amines) is 1. The van der Waals surface area contributed by atoms with Gasteiger partial charge in [0.25, 0.3) is 0 Å². The van der Waals surface area contributed by atoms with Gasteiger partial charge >= 0.3 is 0 Å². The van der Waals surface area contributed by atoms with Crippen LogP contribution in [0.3, 0.4) is 0 Å². The van der Waals surface area contributed by atoms with Crippen LogP contribution in [-0.2, 0) is 16.1 Å². The molecule has 7 heteroatoms. The minimum atomic E-state index is -0.478. The zero-order valence-corrected chi connectivity index (χ0v) is 16.7. The average molecular weight is 389 g/mol. The minimum Gasteiger partial charge on any atom is -0.387 e. The number of carbonyl (C=O) groups is 2. The van der Waals surface area contributed by atoms with Crippen LogP contribution in [0.1, 0.15) is 24.8 Å². The minimum absolute atomic E-state index is 0.228. The molecule has 2 aliphatic heterocycles. The number of aliphatic hydroxyl groups excluding tert-OH is 1. The molecule has 7 nitrogen and oxygen atoms in total. The van der Waals surface area contributed by atoms with E-state index < -0.39 is 6.61 Å². The Morgan fingerprint density at radius 2 is 1.75 bits per heavy atom. The highest BCUT2D eigenvalue weighted by Gasteiger charge is 2.33. The van der Waals surface area contributed by atoms with Gasteiger partial charge in [-0.05, 0) is 25.5 Å². The van der Waals surface area contributed by atoms with Crippen LogP contribution >= 0.6 is 0 Å². The van der Waals surface area contributed by atoms with E-state index in [-0.39, 0.29) is 23.9 Å². The Kier molecular flexibility index (Phi) is 7.42. The number of nitrogens with zero attached hydrogens (tertiary/aromatic N) is 3. The highest BCUT2D eigenvalue weighted by molar-refractivity contribution is 5.77. The SMILES string of the molecule is CN1[C@@H](CC(=O)N2CCN(Cc3ccccc3)CC2)CC[C@H]1CNC(=O)CO. The maximum atomic E-state index is 12.8. The summed E-state index contributed by atoms with van der Waals surface area (Å²) in [6.45, 7) is 4.40. The highest BCUT2D eigenvalue weighted by atomic mass is 16.3. The number of piperazine rings is 1. The molecule has 0 bridgehead atoms. The Labute approximate surface area is 167 Å². The van der Waals surface area contributed by atoms with Crippen molar-refractivity contribution in [1.82, 2.24) is 20.0 Å². The predicted molar refractivity (Wildman–Crippen MR) is 108 cm³/mol. The highest BCUT2D eigenvalue weighted by Crippen LogP contribution is 2.25. The maximum Gasteiger partial charge on any atom is 0.245 e. The lowest BCUT2D eigenvalue weighted by Gasteiger charge is -2.36. The summed E-state index contributed by atoms with van der Waals surface area (Å²) in [7, 11) is 2.03. The van der Waals surface area contributed by atoms with Crippen LogP contribution in [0.15, 0.2) is 30.3 Å². The second-order valence-corrected chi connectivity index (χ2v) is 7.86. The van der Waals surface area contributed by atoms with E-state index >= 15 is 0 Å². The molecule has 2 amide bonds. The van der Waals surface area contributed by atoms with Crippen LogP contribution in [0.25, 0.3) is 0 Å². The fraction of sp³-hybridized carbons (Fsp3) is 0.619. The molecule has 1 aromatic carbocycles. The van der Waals surface area contributed by atoms with E-state index in [0.717, 1.165) is 45.6 Å². The van der Waals surface area contributed by atoms with Gasteiger partial charge in [-0.1, -0.05) is 30.3 Å². The van der Waals surface area contributed by atoms with E-state index in [1.807, 2.05) is 18.0 Å². The number of amides is 2. The summed E-state index contributed by atoms with van der Waals surface area (Å²) in [4.78, 5) is 30.6. The third-order valence-corrected chi connectivity index (χ3v) is 6.05. The summed E-state index contributed by atoms with van der Waals surface area (Å²) < 4.78 is 0. The normalized spacial score (nSPS) is 23.7. The van der Waals surface area contributed by atoms with Crippen molar-refractivity contribution in [3.05, 3.63) is 35.9 Å². The Bertz CT molecular complexity index is 646. The van der Waals surface area contributed by atoms with Gasteiger partial charge in [-0.25, -0.2) is 0 Å². The van der Waals surface area contributed by atoms with Crippen LogP contribution in [-0.4, -0.2) is 90.1 Å². The van der Waals surface area contributed by atoms with Gasteiger partial charge < -0.3 is 15.3 Å². The molecule has 0 unspecified atom stereocenters. The van der Waals surface area contributed by atoms with E-state index in [0.29, 0.717) is 13.0 Å². The van der Waals surface area contributed by atoms with Crippen LogP contribution in [0.2, 0.25) is 0 Å². The molecular weight excluding hydrogens is 356 g/mol. The van der Waals surface area contributed by atoms with Gasteiger partial charge in [0.2, 0.25) is 11.8 Å². The lowest BCUT2D eigenvalue weighted by atomic mass is 10.1. The zero-order chi connectivity index (χ0) is 19.9. The van der Waals surface area contributed by atoms with Crippen LogP contribution in [0.4, 0.5) is 0 Å². The van der Waals surface area contributed by atoms with Crippen molar-refractivity contribution in [2.75, 3.05) is 46.4 Å².